The number of hydrogen-bond acceptors (Lipinski definition) is 10. The van der Waals surface area contributed by atoms with E-state index in [1.807, 2.05) is 0 Å². The molecule has 4 rings (SSSR count). The summed E-state index contributed by atoms with van der Waals surface area (Å²) >= 11 is 0. The van der Waals surface area contributed by atoms with Gasteiger partial charge in [0.25, 0.3) is 0 Å². The third-order valence-corrected chi connectivity index (χ3v) is 7.78. The summed E-state index contributed by atoms with van der Waals surface area (Å²) in [5.41, 5.74) is 10.0. The van der Waals surface area contributed by atoms with Crippen molar-refractivity contribution in [3.63, 3.8) is 0 Å². The number of aromatic hydroxyl groups is 1. The fraction of sp³-hybridized carbons (Fsp3) is 0.542. The van der Waals surface area contributed by atoms with Crippen molar-refractivity contribution >= 4 is 23.2 Å². The first-order valence-electron chi connectivity index (χ1n) is 11.4. The van der Waals surface area contributed by atoms with Crippen LogP contribution in [0.25, 0.3) is 5.76 Å². The van der Waals surface area contributed by atoms with Crippen molar-refractivity contribution in [2.45, 2.75) is 43.7 Å². The molecule has 11 nitrogen and oxygen atoms in total. The molecule has 190 valence electrons. The lowest BCUT2D eigenvalue weighted by atomic mass is 9.54. The smallest absolute Gasteiger partial charge is 0.230 e. The van der Waals surface area contributed by atoms with E-state index >= 15 is 0 Å². The maximum Gasteiger partial charge on any atom is 0.230 e. The zero-order chi connectivity index (χ0) is 26.0. The monoisotopic (exact) mass is 489 g/mol. The third-order valence-electron chi connectivity index (χ3n) is 7.78. The highest BCUT2D eigenvalue weighted by molar-refractivity contribution is 6.25. The molecule has 1 aromatic rings. The summed E-state index contributed by atoms with van der Waals surface area (Å²) in [6.07, 6.45) is -1.25. The summed E-state index contributed by atoms with van der Waals surface area (Å²) in [6.45, 7) is 0.132. The number of fused-ring (bicyclic) bond motifs is 3. The largest absolute Gasteiger partial charge is 0.507 e. The van der Waals surface area contributed by atoms with E-state index < -0.39 is 58.7 Å². The summed E-state index contributed by atoms with van der Waals surface area (Å²) in [6, 6.07) is 0.751. The number of ketones is 2. The van der Waals surface area contributed by atoms with Crippen molar-refractivity contribution in [3.8, 4) is 5.75 Å². The molecule has 0 saturated heterocycles. The molecule has 11 heteroatoms. The molecular weight excluding hydrogens is 458 g/mol. The predicted molar refractivity (Wildman–Crippen MR) is 123 cm³/mol. The zero-order valence-electron chi connectivity index (χ0n) is 19.8. The minimum atomic E-state index is -2.68. The van der Waals surface area contributed by atoms with Gasteiger partial charge in [-0.05, 0) is 50.0 Å². The number of Topliss-reactive ketones (excluding diaryl/α,β-unsaturated/α-hetero) is 2. The topological polar surface area (TPSA) is 197 Å². The summed E-state index contributed by atoms with van der Waals surface area (Å²) in [5.74, 6) is -7.70. The minimum absolute atomic E-state index is 0.0144. The molecule has 2 fully saturated rings. The number of aliphatic hydroxyl groups is 3. The van der Waals surface area contributed by atoms with Crippen LogP contribution in [0.4, 0.5) is 0 Å². The van der Waals surface area contributed by atoms with Crippen molar-refractivity contribution < 1.29 is 39.5 Å². The molecule has 5 unspecified atom stereocenters. The van der Waals surface area contributed by atoms with Crippen LogP contribution in [-0.2, 0) is 38.7 Å². The highest BCUT2D eigenvalue weighted by Crippen LogP contribution is 2.52. The summed E-state index contributed by atoms with van der Waals surface area (Å²) < 4.78 is 5.12. The van der Waals surface area contributed by atoms with Crippen LogP contribution in [0.2, 0.25) is 0 Å². The number of benzene rings is 1. The van der Waals surface area contributed by atoms with E-state index in [2.05, 4.69) is 0 Å². The number of ether oxygens (including phenoxy) is 1. The van der Waals surface area contributed by atoms with E-state index in [4.69, 9.17) is 16.2 Å². The van der Waals surface area contributed by atoms with Gasteiger partial charge in [0.2, 0.25) is 11.7 Å². The number of rotatable bonds is 5. The molecule has 0 heterocycles. The standard InChI is InChI=1S/C24H31N3O8/c1-27(2)17-13-6-9-5-12-10(7-25)4-11(8-35-3)18(28)15(12)19(29)14(9)21(31)24(13,34)22(32)16(20(17)30)23(26)33/h4,9,13,16-17,20,28-30,34H,5-8,25H2,1-3H3,(H2,26,33)/t9?,13?,16?,17?,20?,24-/m1/s1. The van der Waals surface area contributed by atoms with Gasteiger partial charge in [-0.1, -0.05) is 0 Å². The number of methoxy groups -OCH3 is 1. The van der Waals surface area contributed by atoms with Crippen LogP contribution >= 0.6 is 0 Å². The Balaban J connectivity index is 1.94. The number of likely N-dealkylation sites (N-methyl/N-ethyl adjacent to an activating group) is 1. The highest BCUT2D eigenvalue weighted by atomic mass is 16.5. The number of hydrogen-bond donors (Lipinski definition) is 6. The number of phenolic OH excluding ortho intramolecular Hbond substituents is 1. The van der Waals surface area contributed by atoms with E-state index in [9.17, 15) is 34.8 Å². The summed E-state index contributed by atoms with van der Waals surface area (Å²) in [5, 5.41) is 44.6. The van der Waals surface area contributed by atoms with Crippen LogP contribution in [0.5, 0.6) is 5.75 Å². The molecule has 1 aromatic carbocycles. The van der Waals surface area contributed by atoms with Crippen LogP contribution in [0.3, 0.4) is 0 Å². The molecule has 0 aliphatic heterocycles. The number of nitrogens with two attached hydrogens (primary N) is 2. The lowest BCUT2D eigenvalue weighted by molar-refractivity contribution is -0.184. The van der Waals surface area contributed by atoms with E-state index in [-0.39, 0.29) is 42.9 Å². The average Bonchev–Trinajstić information content (AvgIpc) is 2.77. The first-order valence-corrected chi connectivity index (χ1v) is 11.4. The molecule has 2 saturated carbocycles. The Kier molecular flexibility index (Phi) is 6.27. The maximum atomic E-state index is 13.8. The van der Waals surface area contributed by atoms with Crippen LogP contribution in [0, 0.1) is 17.8 Å². The molecule has 3 aliphatic rings. The molecular formula is C24H31N3O8. The Bertz CT molecular complexity index is 1150. The quantitative estimate of drug-likeness (QED) is 0.271. The normalized spacial score (nSPS) is 32.4. The molecule has 8 N–H and O–H groups in total. The van der Waals surface area contributed by atoms with Gasteiger partial charge in [0.15, 0.2) is 11.4 Å². The maximum absolute atomic E-state index is 13.8. The molecule has 6 atom stereocenters. The van der Waals surface area contributed by atoms with Gasteiger partial charge in [0.1, 0.15) is 17.4 Å². The lowest BCUT2D eigenvalue weighted by Gasteiger charge is -2.53. The van der Waals surface area contributed by atoms with E-state index in [0.29, 0.717) is 16.7 Å². The number of carbonyl (C=O) groups is 3. The Morgan fingerprint density at radius 3 is 2.46 bits per heavy atom. The predicted octanol–water partition coefficient (Wildman–Crippen LogP) is -1.27. The summed E-state index contributed by atoms with van der Waals surface area (Å²) in [4.78, 5) is 40.7. The van der Waals surface area contributed by atoms with Crippen LogP contribution in [0.1, 0.15) is 28.7 Å². The van der Waals surface area contributed by atoms with Gasteiger partial charge in [-0.2, -0.15) is 0 Å². The highest BCUT2D eigenvalue weighted by Gasteiger charge is 2.67. The molecule has 0 aromatic heterocycles. The number of amides is 1. The molecule has 0 spiro atoms. The number of nitrogens with zero attached hydrogens (tertiary/aromatic N) is 1. The Labute approximate surface area is 202 Å². The van der Waals surface area contributed by atoms with E-state index in [1.54, 1.807) is 25.1 Å². The van der Waals surface area contributed by atoms with E-state index in [1.165, 1.54) is 7.11 Å². The van der Waals surface area contributed by atoms with Crippen molar-refractivity contribution in [2.75, 3.05) is 21.2 Å². The van der Waals surface area contributed by atoms with Gasteiger partial charge in [-0.25, -0.2) is 0 Å². The number of primary amides is 1. The van der Waals surface area contributed by atoms with Gasteiger partial charge in [0.05, 0.1) is 18.3 Å². The van der Waals surface area contributed by atoms with Crippen LogP contribution in [0.15, 0.2) is 11.6 Å². The van der Waals surface area contributed by atoms with Gasteiger partial charge in [-0.3, -0.25) is 14.4 Å². The molecule has 3 aliphatic carbocycles. The van der Waals surface area contributed by atoms with Gasteiger partial charge >= 0.3 is 0 Å². The van der Waals surface area contributed by atoms with E-state index in [0.717, 1.165) is 0 Å². The fourth-order valence-electron chi connectivity index (χ4n) is 6.26. The number of carbonyl (C=O) groups excluding carboxylic acids is 3. The number of aliphatic hydroxyl groups excluding tert-OH is 2. The fourth-order valence-corrected chi connectivity index (χ4v) is 6.26. The first-order chi connectivity index (χ1) is 16.4. The average molecular weight is 490 g/mol. The van der Waals surface area contributed by atoms with Crippen molar-refractivity contribution in [3.05, 3.63) is 33.9 Å². The molecule has 1 amide bonds. The van der Waals surface area contributed by atoms with Gasteiger partial charge in [-0.15, -0.1) is 0 Å². The van der Waals surface area contributed by atoms with Crippen molar-refractivity contribution in [1.29, 1.82) is 0 Å². The first kappa shape index (κ1) is 25.3. The zero-order valence-corrected chi connectivity index (χ0v) is 19.8. The Hall–Kier alpha value is -2.83. The summed E-state index contributed by atoms with van der Waals surface area (Å²) in [7, 11) is 4.65. The lowest BCUT2D eigenvalue weighted by Crippen LogP contribution is -2.73. The molecule has 0 bridgehead atoms. The second-order valence-electron chi connectivity index (χ2n) is 9.82. The number of phenols is 1. The Morgan fingerprint density at radius 1 is 1.26 bits per heavy atom. The van der Waals surface area contributed by atoms with Crippen molar-refractivity contribution in [1.82, 2.24) is 4.90 Å². The SMILES string of the molecule is COCc1cc(CN)c2c(c1O)C(O)=C1C(=O)[C@@]3(O)C(=O)C(C(N)=O)C(O)C(N(C)C)C3CC1C2. The second-order valence-corrected chi connectivity index (χ2v) is 9.82. The molecule has 0 radical (unpaired) electrons. The Morgan fingerprint density at radius 2 is 1.91 bits per heavy atom. The second kappa shape index (κ2) is 8.68. The van der Waals surface area contributed by atoms with Crippen LogP contribution < -0.4 is 11.5 Å². The van der Waals surface area contributed by atoms with Gasteiger partial charge in [0, 0.05) is 36.8 Å². The minimum Gasteiger partial charge on any atom is -0.507 e. The van der Waals surface area contributed by atoms with Gasteiger partial charge < -0.3 is 41.5 Å². The third kappa shape index (κ3) is 3.41. The molecule has 35 heavy (non-hydrogen) atoms. The van der Waals surface area contributed by atoms with Crippen LogP contribution in [-0.4, -0.2) is 81.8 Å². The van der Waals surface area contributed by atoms with Crippen molar-refractivity contribution in [2.24, 2.45) is 29.2 Å².